The lowest BCUT2D eigenvalue weighted by atomic mass is 9.94. The number of ether oxygens (including phenoxy) is 1. The van der Waals surface area contributed by atoms with Crippen LogP contribution in [-0.4, -0.2) is 40.2 Å². The lowest BCUT2D eigenvalue weighted by molar-refractivity contribution is -0.0286. The molecule has 2 N–H and O–H groups in total. The van der Waals surface area contributed by atoms with Crippen molar-refractivity contribution < 1.29 is 9.84 Å². The third kappa shape index (κ3) is 2.70. The van der Waals surface area contributed by atoms with Gasteiger partial charge in [0.2, 0.25) is 0 Å². The Kier molecular flexibility index (Phi) is 2.93. The van der Waals surface area contributed by atoms with Crippen LogP contribution < -0.4 is 10.1 Å². The molecule has 0 aromatic carbocycles. The molecule has 0 atom stereocenters. The number of hydrogen-bond acceptors (Lipinski definition) is 4. The predicted octanol–water partition coefficient (Wildman–Crippen LogP) is -0.0866. The number of aliphatic hydroxyl groups is 1. The van der Waals surface area contributed by atoms with E-state index in [2.05, 4.69) is 10.4 Å². The van der Waals surface area contributed by atoms with Crippen LogP contribution in [0.5, 0.6) is 5.75 Å². The van der Waals surface area contributed by atoms with Crippen LogP contribution in [0.15, 0.2) is 12.4 Å². The normalized spacial score (nSPS) is 20.1. The Hall–Kier alpha value is -1.07. The van der Waals surface area contributed by atoms with Crippen molar-refractivity contribution in [1.82, 2.24) is 15.1 Å². The van der Waals surface area contributed by atoms with E-state index < -0.39 is 5.60 Å². The van der Waals surface area contributed by atoms with Gasteiger partial charge in [-0.05, 0) is 25.9 Å². The molecule has 2 rings (SSSR count). The van der Waals surface area contributed by atoms with Crippen molar-refractivity contribution in [3.63, 3.8) is 0 Å². The van der Waals surface area contributed by atoms with Gasteiger partial charge < -0.3 is 15.2 Å². The minimum absolute atomic E-state index is 0.348. The number of piperidine rings is 1. The van der Waals surface area contributed by atoms with Crippen molar-refractivity contribution >= 4 is 0 Å². The highest BCUT2D eigenvalue weighted by atomic mass is 16.5. The minimum atomic E-state index is -0.679. The van der Waals surface area contributed by atoms with Crippen molar-refractivity contribution in [2.24, 2.45) is 7.05 Å². The van der Waals surface area contributed by atoms with Crippen LogP contribution in [0.2, 0.25) is 0 Å². The van der Waals surface area contributed by atoms with Crippen LogP contribution in [0.4, 0.5) is 0 Å². The first-order chi connectivity index (χ1) is 7.18. The van der Waals surface area contributed by atoms with Gasteiger partial charge in [-0.15, -0.1) is 0 Å². The van der Waals surface area contributed by atoms with Crippen LogP contribution in [-0.2, 0) is 7.05 Å². The summed E-state index contributed by atoms with van der Waals surface area (Å²) in [6.45, 7) is 2.06. The molecule has 1 aliphatic rings. The summed E-state index contributed by atoms with van der Waals surface area (Å²) in [5, 5.41) is 17.4. The lowest BCUT2D eigenvalue weighted by Crippen LogP contribution is -2.45. The fraction of sp³-hybridized carbons (Fsp3) is 0.700. The van der Waals surface area contributed by atoms with Gasteiger partial charge >= 0.3 is 0 Å². The SMILES string of the molecule is Cn1cc(OCC2(O)CCNCC2)cn1. The zero-order valence-electron chi connectivity index (χ0n) is 8.94. The molecule has 1 aliphatic heterocycles. The second-order valence-corrected chi connectivity index (χ2v) is 4.11. The molecule has 0 radical (unpaired) electrons. The summed E-state index contributed by atoms with van der Waals surface area (Å²) in [4.78, 5) is 0. The van der Waals surface area contributed by atoms with E-state index in [-0.39, 0.29) is 0 Å². The van der Waals surface area contributed by atoms with Gasteiger partial charge in [0.1, 0.15) is 12.2 Å². The summed E-state index contributed by atoms with van der Waals surface area (Å²) in [5.74, 6) is 0.712. The Labute approximate surface area is 89.0 Å². The van der Waals surface area contributed by atoms with Crippen LogP contribution in [0.25, 0.3) is 0 Å². The van der Waals surface area contributed by atoms with Crippen molar-refractivity contribution in [1.29, 1.82) is 0 Å². The fourth-order valence-corrected chi connectivity index (χ4v) is 1.73. The highest BCUT2D eigenvalue weighted by Crippen LogP contribution is 2.19. The predicted molar refractivity (Wildman–Crippen MR) is 55.8 cm³/mol. The first-order valence-corrected chi connectivity index (χ1v) is 5.23. The monoisotopic (exact) mass is 211 g/mol. The van der Waals surface area contributed by atoms with Gasteiger partial charge in [0.05, 0.1) is 12.4 Å². The molecule has 0 unspecified atom stereocenters. The largest absolute Gasteiger partial charge is 0.487 e. The van der Waals surface area contributed by atoms with E-state index in [0.29, 0.717) is 12.4 Å². The first-order valence-electron chi connectivity index (χ1n) is 5.23. The molecular formula is C10H17N3O2. The maximum Gasteiger partial charge on any atom is 0.157 e. The molecule has 1 aromatic heterocycles. The highest BCUT2D eigenvalue weighted by Gasteiger charge is 2.29. The smallest absolute Gasteiger partial charge is 0.157 e. The van der Waals surface area contributed by atoms with Gasteiger partial charge in [-0.3, -0.25) is 4.68 Å². The van der Waals surface area contributed by atoms with Crippen LogP contribution >= 0.6 is 0 Å². The molecule has 84 valence electrons. The van der Waals surface area contributed by atoms with Gasteiger partial charge in [-0.2, -0.15) is 5.10 Å². The summed E-state index contributed by atoms with van der Waals surface area (Å²) in [6, 6.07) is 0. The molecule has 5 heteroatoms. The van der Waals surface area contributed by atoms with Crippen LogP contribution in [0.1, 0.15) is 12.8 Å². The van der Waals surface area contributed by atoms with Crippen molar-refractivity contribution in [3.8, 4) is 5.75 Å². The van der Waals surface area contributed by atoms with E-state index in [1.807, 2.05) is 7.05 Å². The summed E-state index contributed by atoms with van der Waals surface area (Å²) in [5.41, 5.74) is -0.679. The van der Waals surface area contributed by atoms with Gasteiger partial charge in [-0.1, -0.05) is 0 Å². The van der Waals surface area contributed by atoms with Crippen LogP contribution in [0, 0.1) is 0 Å². The van der Waals surface area contributed by atoms with Gasteiger partial charge in [-0.25, -0.2) is 0 Å². The second kappa shape index (κ2) is 4.20. The lowest BCUT2D eigenvalue weighted by Gasteiger charge is -2.31. The average molecular weight is 211 g/mol. The summed E-state index contributed by atoms with van der Waals surface area (Å²) >= 11 is 0. The number of aryl methyl sites for hydroxylation is 1. The van der Waals surface area contributed by atoms with E-state index in [9.17, 15) is 5.11 Å². The van der Waals surface area contributed by atoms with E-state index in [0.717, 1.165) is 25.9 Å². The standard InChI is InChI=1S/C10H17N3O2/c1-13-7-9(6-12-13)15-8-10(14)2-4-11-5-3-10/h6-7,11,14H,2-5,8H2,1H3. The van der Waals surface area contributed by atoms with E-state index in [4.69, 9.17) is 4.74 Å². The Morgan fingerprint density at radius 1 is 1.60 bits per heavy atom. The molecule has 0 saturated carbocycles. The summed E-state index contributed by atoms with van der Waals surface area (Å²) < 4.78 is 7.19. The summed E-state index contributed by atoms with van der Waals surface area (Å²) in [7, 11) is 1.84. The molecule has 1 saturated heterocycles. The Bertz CT molecular complexity index is 318. The number of nitrogens with zero attached hydrogens (tertiary/aromatic N) is 2. The van der Waals surface area contributed by atoms with Gasteiger partial charge in [0.15, 0.2) is 5.75 Å². The molecular weight excluding hydrogens is 194 g/mol. The molecule has 15 heavy (non-hydrogen) atoms. The number of aromatic nitrogens is 2. The van der Waals surface area contributed by atoms with E-state index in [1.165, 1.54) is 0 Å². The van der Waals surface area contributed by atoms with Crippen molar-refractivity contribution in [3.05, 3.63) is 12.4 Å². The third-order valence-corrected chi connectivity index (χ3v) is 2.72. The maximum atomic E-state index is 10.1. The molecule has 0 amide bonds. The quantitative estimate of drug-likeness (QED) is 0.734. The second-order valence-electron chi connectivity index (χ2n) is 4.11. The number of nitrogens with one attached hydrogen (secondary N) is 1. The molecule has 0 spiro atoms. The Balaban J connectivity index is 1.86. The Morgan fingerprint density at radius 3 is 2.93 bits per heavy atom. The van der Waals surface area contributed by atoms with Gasteiger partial charge in [0.25, 0.3) is 0 Å². The molecule has 0 aliphatic carbocycles. The maximum absolute atomic E-state index is 10.1. The number of hydrogen-bond donors (Lipinski definition) is 2. The molecule has 0 bridgehead atoms. The molecule has 1 aromatic rings. The molecule has 2 heterocycles. The highest BCUT2D eigenvalue weighted by molar-refractivity contribution is 5.11. The van der Waals surface area contributed by atoms with Crippen molar-refractivity contribution in [2.75, 3.05) is 19.7 Å². The fourth-order valence-electron chi connectivity index (χ4n) is 1.73. The average Bonchev–Trinajstić information content (AvgIpc) is 2.63. The first kappa shape index (κ1) is 10.4. The number of rotatable bonds is 3. The zero-order valence-corrected chi connectivity index (χ0v) is 8.94. The van der Waals surface area contributed by atoms with E-state index in [1.54, 1.807) is 17.1 Å². The van der Waals surface area contributed by atoms with E-state index >= 15 is 0 Å². The Morgan fingerprint density at radius 2 is 2.33 bits per heavy atom. The van der Waals surface area contributed by atoms with Crippen molar-refractivity contribution in [2.45, 2.75) is 18.4 Å². The topological polar surface area (TPSA) is 59.3 Å². The minimum Gasteiger partial charge on any atom is -0.487 e. The third-order valence-electron chi connectivity index (χ3n) is 2.72. The zero-order chi connectivity index (χ0) is 10.7. The van der Waals surface area contributed by atoms with Gasteiger partial charge in [0, 0.05) is 7.05 Å². The molecule has 5 nitrogen and oxygen atoms in total. The molecule has 1 fully saturated rings. The van der Waals surface area contributed by atoms with Crippen LogP contribution in [0.3, 0.4) is 0 Å². The summed E-state index contributed by atoms with van der Waals surface area (Å²) in [6.07, 6.45) is 4.94.